The molecular formula is C12H24O2S. The standard InChI is InChI=1S/C12H24O2S/c1-6-10(7-2)15-11(13)14-9-8-12(3,4)5/h10H,6-9H2,1-5H3. The van der Waals surface area contributed by atoms with Gasteiger partial charge in [0, 0.05) is 5.25 Å². The molecule has 0 aromatic heterocycles. The van der Waals surface area contributed by atoms with Gasteiger partial charge in [0.25, 0.3) is 0 Å². The summed E-state index contributed by atoms with van der Waals surface area (Å²) >= 11 is 1.33. The molecule has 0 spiro atoms. The van der Waals surface area contributed by atoms with Gasteiger partial charge in [0.2, 0.25) is 0 Å². The van der Waals surface area contributed by atoms with Crippen LogP contribution in [-0.2, 0) is 4.74 Å². The summed E-state index contributed by atoms with van der Waals surface area (Å²) < 4.78 is 5.18. The minimum absolute atomic E-state index is 0.118. The van der Waals surface area contributed by atoms with Crippen LogP contribution in [0.1, 0.15) is 53.9 Å². The molecule has 2 nitrogen and oxygen atoms in total. The molecule has 90 valence electrons. The minimum Gasteiger partial charge on any atom is -0.458 e. The quantitative estimate of drug-likeness (QED) is 0.654. The lowest BCUT2D eigenvalue weighted by atomic mass is 9.93. The van der Waals surface area contributed by atoms with Crippen molar-refractivity contribution in [2.75, 3.05) is 6.61 Å². The smallest absolute Gasteiger partial charge is 0.367 e. The lowest BCUT2D eigenvalue weighted by Crippen LogP contribution is -2.12. The fourth-order valence-electron chi connectivity index (χ4n) is 1.07. The molecule has 0 heterocycles. The van der Waals surface area contributed by atoms with Crippen molar-refractivity contribution in [1.82, 2.24) is 0 Å². The molecule has 0 aliphatic carbocycles. The summed E-state index contributed by atoms with van der Waals surface area (Å²) in [6, 6.07) is 0. The second-order valence-corrected chi connectivity index (χ2v) is 6.20. The van der Waals surface area contributed by atoms with Crippen molar-refractivity contribution in [3.63, 3.8) is 0 Å². The highest BCUT2D eigenvalue weighted by atomic mass is 32.2. The Bertz CT molecular complexity index is 181. The summed E-state index contributed by atoms with van der Waals surface area (Å²) in [6.07, 6.45) is 2.97. The van der Waals surface area contributed by atoms with Crippen molar-refractivity contribution in [2.45, 2.75) is 59.1 Å². The molecular weight excluding hydrogens is 208 g/mol. The molecule has 0 fully saturated rings. The van der Waals surface area contributed by atoms with Crippen molar-refractivity contribution in [2.24, 2.45) is 5.41 Å². The molecule has 3 heteroatoms. The maximum Gasteiger partial charge on any atom is 0.367 e. The van der Waals surface area contributed by atoms with Crippen LogP contribution < -0.4 is 0 Å². The fraction of sp³-hybridized carbons (Fsp3) is 0.917. The molecule has 0 unspecified atom stereocenters. The zero-order chi connectivity index (χ0) is 11.9. The van der Waals surface area contributed by atoms with E-state index in [2.05, 4.69) is 34.6 Å². The van der Waals surface area contributed by atoms with Gasteiger partial charge in [-0.3, -0.25) is 0 Å². The normalized spacial score (nSPS) is 11.9. The van der Waals surface area contributed by atoms with Crippen molar-refractivity contribution < 1.29 is 9.53 Å². The first-order chi connectivity index (χ1) is 6.89. The SMILES string of the molecule is CCC(CC)SC(=O)OCCC(C)(C)C. The Morgan fingerprint density at radius 1 is 1.27 bits per heavy atom. The van der Waals surface area contributed by atoms with E-state index in [1.54, 1.807) is 0 Å². The van der Waals surface area contributed by atoms with E-state index in [0.29, 0.717) is 11.9 Å². The average molecular weight is 232 g/mol. The van der Waals surface area contributed by atoms with Crippen LogP contribution in [0, 0.1) is 5.41 Å². The average Bonchev–Trinajstić information content (AvgIpc) is 2.12. The van der Waals surface area contributed by atoms with E-state index in [0.717, 1.165) is 19.3 Å². The number of carbonyl (C=O) groups is 1. The number of ether oxygens (including phenoxy) is 1. The summed E-state index contributed by atoms with van der Waals surface area (Å²) in [5.74, 6) is 0. The van der Waals surface area contributed by atoms with E-state index in [4.69, 9.17) is 4.74 Å². The first kappa shape index (κ1) is 14.8. The monoisotopic (exact) mass is 232 g/mol. The zero-order valence-electron chi connectivity index (χ0n) is 10.6. The molecule has 0 aromatic rings. The van der Waals surface area contributed by atoms with Crippen LogP contribution in [0.25, 0.3) is 0 Å². The third-order valence-corrected chi connectivity index (χ3v) is 3.56. The molecule has 0 N–H and O–H groups in total. The van der Waals surface area contributed by atoms with Crippen LogP contribution in [0.2, 0.25) is 0 Å². The fourth-order valence-corrected chi connectivity index (χ4v) is 1.82. The molecule has 0 radical (unpaired) electrons. The van der Waals surface area contributed by atoms with Crippen molar-refractivity contribution >= 4 is 17.1 Å². The Labute approximate surface area is 98.2 Å². The molecule has 0 atom stereocenters. The van der Waals surface area contributed by atoms with Gasteiger partial charge in [-0.15, -0.1) is 0 Å². The molecule has 0 saturated carbocycles. The van der Waals surface area contributed by atoms with Crippen molar-refractivity contribution in [1.29, 1.82) is 0 Å². The van der Waals surface area contributed by atoms with E-state index >= 15 is 0 Å². The highest BCUT2D eigenvalue weighted by Gasteiger charge is 2.14. The predicted molar refractivity (Wildman–Crippen MR) is 67.4 cm³/mol. The van der Waals surface area contributed by atoms with Crippen LogP contribution >= 0.6 is 11.8 Å². The number of hydrogen-bond donors (Lipinski definition) is 0. The Morgan fingerprint density at radius 2 is 1.80 bits per heavy atom. The Balaban J connectivity index is 3.66. The zero-order valence-corrected chi connectivity index (χ0v) is 11.4. The molecule has 0 aromatic carbocycles. The minimum atomic E-state index is -0.118. The molecule has 0 aliphatic rings. The maximum absolute atomic E-state index is 11.4. The van der Waals surface area contributed by atoms with Gasteiger partial charge in [-0.2, -0.15) is 0 Å². The summed E-state index contributed by atoms with van der Waals surface area (Å²) in [6.45, 7) is 11.2. The molecule has 0 rings (SSSR count). The molecule has 0 saturated heterocycles. The topological polar surface area (TPSA) is 26.3 Å². The van der Waals surface area contributed by atoms with Gasteiger partial charge < -0.3 is 4.74 Å². The maximum atomic E-state index is 11.4. The molecule has 0 amide bonds. The third kappa shape index (κ3) is 8.79. The first-order valence-electron chi connectivity index (χ1n) is 5.72. The summed E-state index contributed by atoms with van der Waals surface area (Å²) in [7, 11) is 0. The lowest BCUT2D eigenvalue weighted by Gasteiger charge is -2.18. The van der Waals surface area contributed by atoms with Gasteiger partial charge in [0.05, 0.1) is 6.61 Å². The number of hydrogen-bond acceptors (Lipinski definition) is 3. The van der Waals surface area contributed by atoms with E-state index in [-0.39, 0.29) is 10.7 Å². The van der Waals surface area contributed by atoms with Gasteiger partial charge in [0.15, 0.2) is 0 Å². The van der Waals surface area contributed by atoms with Crippen molar-refractivity contribution in [3.8, 4) is 0 Å². The van der Waals surface area contributed by atoms with Gasteiger partial charge in [-0.25, -0.2) is 4.79 Å². The van der Waals surface area contributed by atoms with E-state index in [9.17, 15) is 4.79 Å². The largest absolute Gasteiger partial charge is 0.458 e. The van der Waals surface area contributed by atoms with Gasteiger partial charge in [0.1, 0.15) is 0 Å². The molecule has 0 aliphatic heterocycles. The second-order valence-electron chi connectivity index (χ2n) is 4.97. The van der Waals surface area contributed by atoms with E-state index in [1.807, 2.05) is 0 Å². The van der Waals surface area contributed by atoms with Crippen molar-refractivity contribution in [3.05, 3.63) is 0 Å². The van der Waals surface area contributed by atoms with Crippen LogP contribution in [0.15, 0.2) is 0 Å². The van der Waals surface area contributed by atoms with Gasteiger partial charge >= 0.3 is 5.30 Å². The summed E-state index contributed by atoms with van der Waals surface area (Å²) in [5.41, 5.74) is 0.236. The third-order valence-electron chi connectivity index (χ3n) is 2.25. The molecule has 15 heavy (non-hydrogen) atoms. The Kier molecular flexibility index (Phi) is 7.07. The number of carbonyl (C=O) groups excluding carboxylic acids is 1. The Morgan fingerprint density at radius 3 is 2.20 bits per heavy atom. The van der Waals surface area contributed by atoms with Crippen LogP contribution in [-0.4, -0.2) is 17.2 Å². The van der Waals surface area contributed by atoms with E-state index in [1.165, 1.54) is 11.8 Å². The number of rotatable bonds is 5. The number of thioether (sulfide) groups is 1. The lowest BCUT2D eigenvalue weighted by molar-refractivity contribution is 0.157. The predicted octanol–water partition coefficient (Wildman–Crippen LogP) is 4.48. The highest BCUT2D eigenvalue weighted by Crippen LogP contribution is 2.22. The van der Waals surface area contributed by atoms with Crippen LogP contribution in [0.5, 0.6) is 0 Å². The van der Waals surface area contributed by atoms with Crippen LogP contribution in [0.4, 0.5) is 4.79 Å². The van der Waals surface area contributed by atoms with E-state index < -0.39 is 0 Å². The summed E-state index contributed by atoms with van der Waals surface area (Å²) in [4.78, 5) is 11.4. The second kappa shape index (κ2) is 7.15. The highest BCUT2D eigenvalue weighted by molar-refractivity contribution is 8.13. The van der Waals surface area contributed by atoms with Gasteiger partial charge in [-0.05, 0) is 36.4 Å². The van der Waals surface area contributed by atoms with Crippen LogP contribution in [0.3, 0.4) is 0 Å². The first-order valence-corrected chi connectivity index (χ1v) is 6.60. The Hall–Kier alpha value is -0.180. The molecule has 0 bridgehead atoms. The summed E-state index contributed by atoms with van der Waals surface area (Å²) in [5, 5.41) is 0.292. The van der Waals surface area contributed by atoms with Gasteiger partial charge in [-0.1, -0.05) is 34.6 Å².